The van der Waals surface area contributed by atoms with Gasteiger partial charge in [-0.05, 0) is 61.5 Å². The number of aromatic nitrogens is 3. The Morgan fingerprint density at radius 1 is 1.00 bits per heavy atom. The van der Waals surface area contributed by atoms with Gasteiger partial charge >= 0.3 is 12.2 Å². The number of benzene rings is 3. The van der Waals surface area contributed by atoms with E-state index in [2.05, 4.69) is 15.4 Å². The van der Waals surface area contributed by atoms with Crippen molar-refractivity contribution in [3.8, 4) is 28.8 Å². The fraction of sp³-hybridized carbons (Fsp3) is 0.222. The highest BCUT2D eigenvalue weighted by Crippen LogP contribution is 2.30. The molecule has 11 heteroatoms. The lowest BCUT2D eigenvalue weighted by Crippen LogP contribution is -2.13. The number of hydrogen-bond acceptors (Lipinski definition) is 6. The molecular formula is C27H25F3N4O4. The zero-order valence-electron chi connectivity index (χ0n) is 20.7. The molecule has 0 saturated carbocycles. The Hall–Kier alpha value is -4.38. The molecule has 0 aliphatic carbocycles. The van der Waals surface area contributed by atoms with Crippen molar-refractivity contribution in [3.05, 3.63) is 83.9 Å². The van der Waals surface area contributed by atoms with E-state index in [4.69, 9.17) is 14.2 Å². The standard InChI is InChI=1S/C27H25F3N4O4/c1-3-37-14-15-38-26-32-24(19-6-4-9-23(16-19)36-2)34(33-26)22-8-5-7-21(17-22)31-25(35)18-10-12-20(13-11-18)27(28,29)30/h4-13,16-17H,3,14-15H2,1-2H3,(H,31,35). The van der Waals surface area contributed by atoms with Crippen molar-refractivity contribution >= 4 is 11.6 Å². The molecular weight excluding hydrogens is 501 g/mol. The molecule has 38 heavy (non-hydrogen) atoms. The van der Waals surface area contributed by atoms with Gasteiger partial charge in [0.1, 0.15) is 12.4 Å². The summed E-state index contributed by atoms with van der Waals surface area (Å²) in [6.45, 7) is 3.09. The first kappa shape index (κ1) is 26.7. The minimum Gasteiger partial charge on any atom is -0.497 e. The van der Waals surface area contributed by atoms with Gasteiger partial charge in [-0.1, -0.05) is 18.2 Å². The van der Waals surface area contributed by atoms with Gasteiger partial charge in [-0.25, -0.2) is 4.68 Å². The molecule has 0 radical (unpaired) electrons. The molecule has 0 unspecified atom stereocenters. The number of amides is 1. The molecule has 0 fully saturated rings. The van der Waals surface area contributed by atoms with E-state index in [0.29, 0.717) is 36.2 Å². The van der Waals surface area contributed by atoms with E-state index < -0.39 is 17.6 Å². The fourth-order valence-electron chi connectivity index (χ4n) is 3.55. The quantitative estimate of drug-likeness (QED) is 0.270. The van der Waals surface area contributed by atoms with E-state index >= 15 is 0 Å². The second-order valence-electron chi connectivity index (χ2n) is 7.99. The average Bonchev–Trinajstić information content (AvgIpc) is 3.35. The van der Waals surface area contributed by atoms with Gasteiger partial charge in [0, 0.05) is 23.4 Å². The summed E-state index contributed by atoms with van der Waals surface area (Å²) in [6.07, 6.45) is -4.48. The molecule has 8 nitrogen and oxygen atoms in total. The summed E-state index contributed by atoms with van der Waals surface area (Å²) in [7, 11) is 1.56. The van der Waals surface area contributed by atoms with Crippen LogP contribution in [0, 0.1) is 0 Å². The van der Waals surface area contributed by atoms with Gasteiger partial charge in [-0.2, -0.15) is 18.2 Å². The van der Waals surface area contributed by atoms with Crippen molar-refractivity contribution in [2.45, 2.75) is 13.1 Å². The molecule has 4 rings (SSSR count). The number of alkyl halides is 3. The van der Waals surface area contributed by atoms with Gasteiger partial charge in [0.2, 0.25) is 0 Å². The smallest absolute Gasteiger partial charge is 0.416 e. The summed E-state index contributed by atoms with van der Waals surface area (Å²) in [5.74, 6) is 0.553. The van der Waals surface area contributed by atoms with Crippen molar-refractivity contribution in [2.24, 2.45) is 0 Å². The lowest BCUT2D eigenvalue weighted by atomic mass is 10.1. The summed E-state index contributed by atoms with van der Waals surface area (Å²) in [4.78, 5) is 17.2. The molecule has 1 heterocycles. The lowest BCUT2D eigenvalue weighted by molar-refractivity contribution is -0.137. The molecule has 0 aliphatic heterocycles. The number of halogens is 3. The number of carbonyl (C=O) groups is 1. The molecule has 1 amide bonds. The minimum absolute atomic E-state index is 0.0891. The van der Waals surface area contributed by atoms with Crippen LogP contribution in [0.2, 0.25) is 0 Å². The van der Waals surface area contributed by atoms with Crippen LogP contribution in [0.15, 0.2) is 72.8 Å². The van der Waals surface area contributed by atoms with Crippen molar-refractivity contribution < 1.29 is 32.2 Å². The van der Waals surface area contributed by atoms with Crippen molar-refractivity contribution in [2.75, 3.05) is 32.2 Å². The largest absolute Gasteiger partial charge is 0.497 e. The number of ether oxygens (including phenoxy) is 3. The van der Waals surface area contributed by atoms with Crippen LogP contribution in [0.3, 0.4) is 0 Å². The molecule has 0 spiro atoms. The maximum atomic E-state index is 12.8. The summed E-state index contributed by atoms with van der Waals surface area (Å²) >= 11 is 0. The molecule has 0 bridgehead atoms. The van der Waals surface area contributed by atoms with Crippen LogP contribution in [-0.2, 0) is 10.9 Å². The second-order valence-corrected chi connectivity index (χ2v) is 7.99. The van der Waals surface area contributed by atoms with Crippen LogP contribution in [0.5, 0.6) is 11.8 Å². The second kappa shape index (κ2) is 11.8. The van der Waals surface area contributed by atoms with Gasteiger partial charge in [-0.3, -0.25) is 4.79 Å². The number of hydrogen-bond donors (Lipinski definition) is 1. The van der Waals surface area contributed by atoms with E-state index in [1.165, 1.54) is 0 Å². The molecule has 0 atom stereocenters. The first-order chi connectivity index (χ1) is 18.3. The van der Waals surface area contributed by atoms with Gasteiger partial charge in [0.15, 0.2) is 5.82 Å². The molecule has 198 valence electrons. The number of methoxy groups -OCH3 is 1. The summed E-state index contributed by atoms with van der Waals surface area (Å²) in [5.41, 5.74) is 0.965. The van der Waals surface area contributed by atoms with E-state index in [1.54, 1.807) is 48.2 Å². The molecule has 0 saturated heterocycles. The Bertz CT molecular complexity index is 1390. The fourth-order valence-corrected chi connectivity index (χ4v) is 3.55. The summed E-state index contributed by atoms with van der Waals surface area (Å²) in [6, 6.07) is 18.2. The van der Waals surface area contributed by atoms with Gasteiger partial charge in [0.25, 0.3) is 5.91 Å². The predicted octanol–water partition coefficient (Wildman–Crippen LogP) is 5.63. The van der Waals surface area contributed by atoms with Crippen molar-refractivity contribution in [1.82, 2.24) is 14.8 Å². The maximum Gasteiger partial charge on any atom is 0.416 e. The van der Waals surface area contributed by atoms with Crippen molar-refractivity contribution in [3.63, 3.8) is 0 Å². The van der Waals surface area contributed by atoms with Crippen LogP contribution >= 0.6 is 0 Å². The van der Waals surface area contributed by atoms with Gasteiger partial charge in [0.05, 0.1) is 25.0 Å². The van der Waals surface area contributed by atoms with Crippen LogP contribution in [0.4, 0.5) is 18.9 Å². The first-order valence-corrected chi connectivity index (χ1v) is 11.7. The number of rotatable bonds is 10. The molecule has 3 aromatic carbocycles. The Morgan fingerprint density at radius 3 is 2.47 bits per heavy atom. The van der Waals surface area contributed by atoms with Crippen LogP contribution in [0.1, 0.15) is 22.8 Å². The Kier molecular flexibility index (Phi) is 8.27. The van der Waals surface area contributed by atoms with E-state index in [1.807, 2.05) is 19.1 Å². The third-order valence-electron chi connectivity index (χ3n) is 5.40. The van der Waals surface area contributed by atoms with Crippen LogP contribution < -0.4 is 14.8 Å². The molecule has 0 aliphatic rings. The van der Waals surface area contributed by atoms with Crippen molar-refractivity contribution in [1.29, 1.82) is 0 Å². The Labute approximate surface area is 217 Å². The first-order valence-electron chi connectivity index (χ1n) is 11.7. The maximum absolute atomic E-state index is 12.8. The van der Waals surface area contributed by atoms with E-state index in [-0.39, 0.29) is 18.2 Å². The number of nitrogens with zero attached hydrogens (tertiary/aromatic N) is 3. The lowest BCUT2D eigenvalue weighted by Gasteiger charge is -2.11. The third-order valence-corrected chi connectivity index (χ3v) is 5.40. The van der Waals surface area contributed by atoms with Crippen LogP contribution in [0.25, 0.3) is 17.1 Å². The van der Waals surface area contributed by atoms with E-state index in [9.17, 15) is 18.0 Å². The number of anilines is 1. The molecule has 1 aromatic heterocycles. The SMILES string of the molecule is CCOCCOc1nc(-c2cccc(OC)c2)n(-c2cccc(NC(=O)c3ccc(C(F)(F)F)cc3)c2)n1. The summed E-state index contributed by atoms with van der Waals surface area (Å²) in [5, 5.41) is 7.20. The molecule has 4 aromatic rings. The van der Waals surface area contributed by atoms with Gasteiger partial charge < -0.3 is 19.5 Å². The molecule has 1 N–H and O–H groups in total. The Balaban J connectivity index is 1.61. The zero-order chi connectivity index (χ0) is 27.1. The highest BCUT2D eigenvalue weighted by molar-refractivity contribution is 6.04. The van der Waals surface area contributed by atoms with E-state index in [0.717, 1.165) is 29.8 Å². The normalized spacial score (nSPS) is 11.3. The monoisotopic (exact) mass is 526 g/mol. The number of carbonyl (C=O) groups excluding carboxylic acids is 1. The third kappa shape index (κ3) is 6.48. The predicted molar refractivity (Wildman–Crippen MR) is 135 cm³/mol. The number of nitrogens with one attached hydrogen (secondary N) is 1. The zero-order valence-corrected chi connectivity index (χ0v) is 20.7. The summed E-state index contributed by atoms with van der Waals surface area (Å²) < 4.78 is 56.4. The highest BCUT2D eigenvalue weighted by Gasteiger charge is 2.30. The average molecular weight is 527 g/mol. The van der Waals surface area contributed by atoms with Crippen LogP contribution in [-0.4, -0.2) is 47.6 Å². The highest BCUT2D eigenvalue weighted by atomic mass is 19.4. The van der Waals surface area contributed by atoms with Gasteiger partial charge in [-0.15, -0.1) is 5.10 Å². The minimum atomic E-state index is -4.48. The topological polar surface area (TPSA) is 87.5 Å². The Morgan fingerprint density at radius 2 is 1.76 bits per heavy atom.